The van der Waals surface area contributed by atoms with Crippen molar-refractivity contribution in [1.29, 1.82) is 0 Å². The van der Waals surface area contributed by atoms with E-state index in [1.54, 1.807) is 0 Å². The van der Waals surface area contributed by atoms with Crippen LogP contribution in [0.2, 0.25) is 0 Å². The number of nitrogen functional groups attached to an aromatic ring is 1. The van der Waals surface area contributed by atoms with Gasteiger partial charge in [0.25, 0.3) is 0 Å². The molecule has 4 nitrogen and oxygen atoms in total. The lowest BCUT2D eigenvalue weighted by molar-refractivity contribution is 0.357. The number of nitrogens with zero attached hydrogens (tertiary/aromatic N) is 2. The van der Waals surface area contributed by atoms with Gasteiger partial charge in [-0.25, -0.2) is 4.98 Å². The second kappa shape index (κ2) is 6.71. The van der Waals surface area contributed by atoms with Crippen molar-refractivity contribution in [3.05, 3.63) is 23.8 Å². The van der Waals surface area contributed by atoms with Gasteiger partial charge < -0.3 is 11.1 Å². The Kier molecular flexibility index (Phi) is 4.22. The Balaban J connectivity index is 1.50. The highest BCUT2D eigenvalue weighted by Gasteiger charge is 2.41. The van der Waals surface area contributed by atoms with Gasteiger partial charge in [0.1, 0.15) is 5.82 Å². The van der Waals surface area contributed by atoms with Crippen LogP contribution in [0.15, 0.2) is 18.2 Å². The molecule has 1 aromatic heterocycles. The molecular weight excluding hydrogens is 320 g/mol. The first-order valence-electron chi connectivity index (χ1n) is 10.6. The molecule has 3 aliphatic carbocycles. The normalized spacial score (nSPS) is 21.4. The maximum atomic E-state index is 6.06. The summed E-state index contributed by atoms with van der Waals surface area (Å²) in [5.74, 6) is 3.85. The molecule has 1 aromatic carbocycles. The van der Waals surface area contributed by atoms with E-state index in [9.17, 15) is 0 Å². The van der Waals surface area contributed by atoms with Crippen LogP contribution in [0.4, 0.5) is 11.8 Å². The van der Waals surface area contributed by atoms with Gasteiger partial charge in [-0.2, -0.15) is 4.98 Å². The minimum absolute atomic E-state index is 0.389. The molecule has 0 radical (unpaired) electrons. The third-order valence-electron chi connectivity index (χ3n) is 6.62. The number of fused-ring (bicyclic) bond motifs is 1. The minimum Gasteiger partial charge on any atom is -0.368 e. The summed E-state index contributed by atoms with van der Waals surface area (Å²) in [5, 5.41) is 5.05. The Morgan fingerprint density at radius 2 is 1.69 bits per heavy atom. The van der Waals surface area contributed by atoms with Crippen LogP contribution in [-0.4, -0.2) is 16.0 Å². The summed E-state index contributed by atoms with van der Waals surface area (Å²) < 4.78 is 0. The average molecular weight is 351 g/mol. The minimum atomic E-state index is 0.389. The highest BCUT2D eigenvalue weighted by Crippen LogP contribution is 2.46. The van der Waals surface area contributed by atoms with E-state index in [1.165, 1.54) is 68.7 Å². The summed E-state index contributed by atoms with van der Waals surface area (Å²) in [6.45, 7) is 0. The molecule has 4 heteroatoms. The van der Waals surface area contributed by atoms with E-state index in [2.05, 4.69) is 33.5 Å². The lowest BCUT2D eigenvalue weighted by Gasteiger charge is -2.24. The number of nitrogens with two attached hydrogens (primary N) is 1. The van der Waals surface area contributed by atoms with Crippen LogP contribution in [0.1, 0.15) is 63.4 Å². The number of benzene rings is 1. The van der Waals surface area contributed by atoms with Gasteiger partial charge in [-0.05, 0) is 61.5 Å². The summed E-state index contributed by atoms with van der Waals surface area (Å²) in [6, 6.07) is 7.09. The summed E-state index contributed by atoms with van der Waals surface area (Å²) in [4.78, 5) is 9.22. The van der Waals surface area contributed by atoms with Crippen LogP contribution in [-0.2, 0) is 6.42 Å². The molecule has 3 saturated carbocycles. The molecule has 0 amide bonds. The number of nitrogens with one attached hydrogen (secondary N) is 1. The first-order valence-corrected chi connectivity index (χ1v) is 10.6. The van der Waals surface area contributed by atoms with Crippen molar-refractivity contribution in [1.82, 2.24) is 9.97 Å². The third-order valence-corrected chi connectivity index (χ3v) is 6.62. The number of anilines is 2. The van der Waals surface area contributed by atoms with E-state index in [0.29, 0.717) is 12.0 Å². The molecular formula is C22H30N4. The molecule has 138 valence electrons. The topological polar surface area (TPSA) is 63.8 Å². The summed E-state index contributed by atoms with van der Waals surface area (Å²) >= 11 is 0. The zero-order valence-corrected chi connectivity index (χ0v) is 15.6. The van der Waals surface area contributed by atoms with Gasteiger partial charge in [0.2, 0.25) is 5.95 Å². The average Bonchev–Trinajstić information content (AvgIpc) is 3.54. The fourth-order valence-corrected chi connectivity index (χ4v) is 4.94. The van der Waals surface area contributed by atoms with Crippen LogP contribution >= 0.6 is 0 Å². The van der Waals surface area contributed by atoms with Gasteiger partial charge in [-0.3, -0.25) is 0 Å². The monoisotopic (exact) mass is 350 g/mol. The van der Waals surface area contributed by atoms with E-state index < -0.39 is 0 Å². The van der Waals surface area contributed by atoms with Gasteiger partial charge in [0.05, 0.1) is 5.52 Å². The van der Waals surface area contributed by atoms with Crippen molar-refractivity contribution < 1.29 is 0 Å². The predicted octanol–water partition coefficient (Wildman–Crippen LogP) is 4.94. The highest BCUT2D eigenvalue weighted by atomic mass is 15.1. The van der Waals surface area contributed by atoms with E-state index in [0.717, 1.165) is 35.5 Å². The number of hydrogen-bond acceptors (Lipinski definition) is 4. The molecule has 3 fully saturated rings. The molecule has 0 atom stereocenters. The Bertz CT molecular complexity index is 776. The maximum absolute atomic E-state index is 6.06. The van der Waals surface area contributed by atoms with E-state index in [-0.39, 0.29) is 0 Å². The first-order chi connectivity index (χ1) is 12.8. The van der Waals surface area contributed by atoms with Crippen LogP contribution < -0.4 is 11.1 Å². The van der Waals surface area contributed by atoms with Gasteiger partial charge >= 0.3 is 0 Å². The van der Waals surface area contributed by atoms with Crippen LogP contribution in [0, 0.1) is 17.8 Å². The molecule has 0 saturated heterocycles. The van der Waals surface area contributed by atoms with Gasteiger partial charge in [0, 0.05) is 11.4 Å². The maximum Gasteiger partial charge on any atom is 0.222 e. The quantitative estimate of drug-likeness (QED) is 0.775. The molecule has 0 bridgehead atoms. The number of aromatic nitrogens is 2. The van der Waals surface area contributed by atoms with Crippen LogP contribution in [0.5, 0.6) is 0 Å². The van der Waals surface area contributed by atoms with Gasteiger partial charge in [0.15, 0.2) is 0 Å². The number of rotatable bonds is 6. The van der Waals surface area contributed by atoms with E-state index >= 15 is 0 Å². The van der Waals surface area contributed by atoms with E-state index in [1.807, 2.05) is 0 Å². The SMILES string of the molecule is Nc1nc(NC(C2CC2)C2CC2)c2c(CC3CCCCC3)cccc2n1. The fourth-order valence-electron chi connectivity index (χ4n) is 4.94. The molecule has 3 aliphatic rings. The van der Waals surface area contributed by atoms with Gasteiger partial charge in [-0.1, -0.05) is 44.2 Å². The van der Waals surface area contributed by atoms with Crippen molar-refractivity contribution in [2.24, 2.45) is 17.8 Å². The largest absolute Gasteiger partial charge is 0.368 e. The molecule has 1 heterocycles. The van der Waals surface area contributed by atoms with Crippen molar-refractivity contribution in [2.75, 3.05) is 11.1 Å². The summed E-state index contributed by atoms with van der Waals surface area (Å²) in [6.07, 6.45) is 13.5. The Hall–Kier alpha value is -1.84. The zero-order valence-electron chi connectivity index (χ0n) is 15.6. The molecule has 0 spiro atoms. The Morgan fingerprint density at radius 3 is 2.38 bits per heavy atom. The van der Waals surface area contributed by atoms with Gasteiger partial charge in [-0.15, -0.1) is 0 Å². The predicted molar refractivity (Wildman–Crippen MR) is 107 cm³/mol. The van der Waals surface area contributed by atoms with Crippen LogP contribution in [0.25, 0.3) is 10.9 Å². The van der Waals surface area contributed by atoms with Crippen molar-refractivity contribution in [3.63, 3.8) is 0 Å². The first kappa shape index (κ1) is 16.3. The summed E-state index contributed by atoms with van der Waals surface area (Å²) in [7, 11) is 0. The second-order valence-electron chi connectivity index (χ2n) is 8.79. The van der Waals surface area contributed by atoms with Crippen molar-refractivity contribution >= 4 is 22.7 Å². The fraction of sp³-hybridized carbons (Fsp3) is 0.636. The molecule has 3 N–H and O–H groups in total. The molecule has 0 unspecified atom stereocenters. The smallest absolute Gasteiger partial charge is 0.222 e. The molecule has 0 aliphatic heterocycles. The van der Waals surface area contributed by atoms with Crippen LogP contribution in [0.3, 0.4) is 0 Å². The lowest BCUT2D eigenvalue weighted by Crippen LogP contribution is -2.25. The summed E-state index contributed by atoms with van der Waals surface area (Å²) in [5.41, 5.74) is 8.46. The number of hydrogen-bond donors (Lipinski definition) is 2. The Morgan fingerprint density at radius 1 is 0.962 bits per heavy atom. The standard InChI is InChI=1S/C22H30N4/c23-22-24-18-8-4-7-17(13-14-5-2-1-3-6-14)19(18)21(26-22)25-20(15-9-10-15)16-11-12-16/h4,7-8,14-16,20H,1-3,5-6,9-13H2,(H3,23,24,25,26). The third kappa shape index (κ3) is 3.38. The molecule has 2 aromatic rings. The molecule has 26 heavy (non-hydrogen) atoms. The second-order valence-corrected chi connectivity index (χ2v) is 8.79. The van der Waals surface area contributed by atoms with Crippen molar-refractivity contribution in [2.45, 2.75) is 70.3 Å². The lowest BCUT2D eigenvalue weighted by atomic mass is 9.84. The van der Waals surface area contributed by atoms with Crippen molar-refractivity contribution in [3.8, 4) is 0 Å². The zero-order chi connectivity index (χ0) is 17.5. The van der Waals surface area contributed by atoms with E-state index in [4.69, 9.17) is 5.73 Å². The highest BCUT2D eigenvalue weighted by molar-refractivity contribution is 5.93. The molecule has 5 rings (SSSR count). The Labute approximate surface area is 156 Å².